The molecule has 0 fully saturated rings. The van der Waals surface area contributed by atoms with E-state index < -0.39 is 5.97 Å². The van der Waals surface area contributed by atoms with Crippen molar-refractivity contribution in [3.05, 3.63) is 72.6 Å². The third kappa shape index (κ3) is 2.99. The predicted molar refractivity (Wildman–Crippen MR) is 95.0 cm³/mol. The quantitative estimate of drug-likeness (QED) is 0.419. The van der Waals surface area contributed by atoms with Crippen LogP contribution in [0.2, 0.25) is 0 Å². The fourth-order valence-electron chi connectivity index (χ4n) is 2.61. The molecular weight excluding hydrogens is 316 g/mol. The van der Waals surface area contributed by atoms with Crippen LogP contribution in [0.15, 0.2) is 66.9 Å². The monoisotopic (exact) mass is 330 g/mol. The third-order valence-corrected chi connectivity index (χ3v) is 3.89. The van der Waals surface area contributed by atoms with E-state index in [1.807, 2.05) is 42.5 Å². The van der Waals surface area contributed by atoms with Crippen LogP contribution in [0.5, 0.6) is 11.5 Å². The zero-order valence-electron chi connectivity index (χ0n) is 13.5. The van der Waals surface area contributed by atoms with E-state index >= 15 is 0 Å². The first-order chi connectivity index (χ1) is 12.2. The van der Waals surface area contributed by atoms with Crippen molar-refractivity contribution in [2.75, 3.05) is 7.11 Å². The van der Waals surface area contributed by atoms with Crippen LogP contribution < -0.4 is 9.47 Å². The van der Waals surface area contributed by atoms with Gasteiger partial charge in [0.15, 0.2) is 5.69 Å². The summed E-state index contributed by atoms with van der Waals surface area (Å²) in [6.45, 7) is 0. The van der Waals surface area contributed by atoms with E-state index in [9.17, 15) is 4.79 Å². The first kappa shape index (κ1) is 15.1. The lowest BCUT2D eigenvalue weighted by Crippen LogP contribution is -2.11. The van der Waals surface area contributed by atoms with Gasteiger partial charge in [-0.3, -0.25) is 4.98 Å². The number of methoxy groups -OCH3 is 1. The van der Waals surface area contributed by atoms with Gasteiger partial charge in [0, 0.05) is 0 Å². The van der Waals surface area contributed by atoms with Crippen LogP contribution in [-0.4, -0.2) is 23.0 Å². The normalized spacial score (nSPS) is 10.8. The van der Waals surface area contributed by atoms with Crippen molar-refractivity contribution in [1.82, 2.24) is 9.97 Å². The first-order valence-corrected chi connectivity index (χ1v) is 7.75. The molecule has 0 spiro atoms. The molecule has 0 atom stereocenters. The van der Waals surface area contributed by atoms with Gasteiger partial charge in [-0.1, -0.05) is 24.3 Å². The molecule has 0 radical (unpaired) electrons. The highest BCUT2D eigenvalue weighted by Gasteiger charge is 2.12. The number of hydrogen-bond donors (Lipinski definition) is 0. The molecule has 1 heterocycles. The van der Waals surface area contributed by atoms with Crippen LogP contribution in [0.1, 0.15) is 10.5 Å². The smallest absolute Gasteiger partial charge is 0.363 e. The number of esters is 1. The number of rotatable bonds is 3. The zero-order valence-corrected chi connectivity index (χ0v) is 13.5. The van der Waals surface area contributed by atoms with Crippen molar-refractivity contribution in [2.45, 2.75) is 0 Å². The molecule has 0 bridgehead atoms. The van der Waals surface area contributed by atoms with Gasteiger partial charge in [-0.05, 0) is 47.2 Å². The lowest BCUT2D eigenvalue weighted by molar-refractivity contribution is 0.0729. The second-order valence-electron chi connectivity index (χ2n) is 5.51. The Bertz CT molecular complexity index is 1090. The molecule has 0 aliphatic rings. The number of para-hydroxylation sites is 2. The molecule has 0 unspecified atom stereocenters. The fraction of sp³-hybridized carbons (Fsp3) is 0.0500. The van der Waals surface area contributed by atoms with E-state index in [1.54, 1.807) is 25.3 Å². The molecule has 0 aliphatic heterocycles. The van der Waals surface area contributed by atoms with Gasteiger partial charge in [0.1, 0.15) is 11.5 Å². The maximum Gasteiger partial charge on any atom is 0.363 e. The number of nitrogens with zero attached hydrogens (tertiary/aromatic N) is 2. The molecule has 4 rings (SSSR count). The summed E-state index contributed by atoms with van der Waals surface area (Å²) in [4.78, 5) is 20.9. The molecule has 0 saturated heterocycles. The molecule has 3 aromatic carbocycles. The van der Waals surface area contributed by atoms with Gasteiger partial charge in [0.25, 0.3) is 0 Å². The number of fused-ring (bicyclic) bond motifs is 2. The third-order valence-electron chi connectivity index (χ3n) is 3.89. The predicted octanol–water partition coefficient (Wildman–Crippen LogP) is 4.01. The van der Waals surface area contributed by atoms with Crippen LogP contribution in [0.25, 0.3) is 21.8 Å². The fourth-order valence-corrected chi connectivity index (χ4v) is 2.61. The van der Waals surface area contributed by atoms with E-state index in [-0.39, 0.29) is 5.69 Å². The maximum atomic E-state index is 12.4. The van der Waals surface area contributed by atoms with Gasteiger partial charge in [0.2, 0.25) is 0 Å². The molecule has 0 aliphatic carbocycles. The second-order valence-corrected chi connectivity index (χ2v) is 5.51. The number of benzene rings is 3. The van der Waals surface area contributed by atoms with Crippen molar-refractivity contribution < 1.29 is 14.3 Å². The molecule has 5 nitrogen and oxygen atoms in total. The topological polar surface area (TPSA) is 61.3 Å². The first-order valence-electron chi connectivity index (χ1n) is 7.75. The SMILES string of the molecule is COc1ccc2ccc(OC(=O)c3cnc4ccccc4n3)cc2c1. The number of hydrogen-bond acceptors (Lipinski definition) is 5. The van der Waals surface area contributed by atoms with Gasteiger partial charge in [-0.15, -0.1) is 0 Å². The van der Waals surface area contributed by atoms with E-state index in [0.29, 0.717) is 11.3 Å². The van der Waals surface area contributed by atoms with Crippen molar-refractivity contribution in [2.24, 2.45) is 0 Å². The van der Waals surface area contributed by atoms with Crippen LogP contribution in [-0.2, 0) is 0 Å². The summed E-state index contributed by atoms with van der Waals surface area (Å²) in [7, 11) is 1.61. The van der Waals surface area contributed by atoms with E-state index in [0.717, 1.165) is 22.0 Å². The standard InChI is InChI=1S/C20H14N2O3/c1-24-15-8-6-13-7-9-16(11-14(13)10-15)25-20(23)19-12-21-17-4-2-3-5-18(17)22-19/h2-12H,1H3. The summed E-state index contributed by atoms with van der Waals surface area (Å²) in [5.41, 5.74) is 1.56. The molecule has 4 aromatic rings. The Kier molecular flexibility index (Phi) is 3.74. The average Bonchev–Trinajstić information content (AvgIpc) is 2.67. The minimum Gasteiger partial charge on any atom is -0.497 e. The Balaban J connectivity index is 1.63. The largest absolute Gasteiger partial charge is 0.497 e. The van der Waals surface area contributed by atoms with Gasteiger partial charge in [-0.2, -0.15) is 0 Å². The van der Waals surface area contributed by atoms with Gasteiger partial charge >= 0.3 is 5.97 Å². The molecule has 0 N–H and O–H groups in total. The minimum atomic E-state index is -0.541. The van der Waals surface area contributed by atoms with E-state index in [1.165, 1.54) is 6.20 Å². The molecular formula is C20H14N2O3. The lowest BCUT2D eigenvalue weighted by Gasteiger charge is -2.07. The Labute approximate surface area is 143 Å². The summed E-state index contributed by atoms with van der Waals surface area (Å²) in [6, 6.07) is 18.5. The van der Waals surface area contributed by atoms with Crippen molar-refractivity contribution in [3.63, 3.8) is 0 Å². The van der Waals surface area contributed by atoms with Gasteiger partial charge in [0.05, 0.1) is 24.3 Å². The number of ether oxygens (including phenoxy) is 2. The number of carbonyl (C=O) groups excluding carboxylic acids is 1. The lowest BCUT2D eigenvalue weighted by atomic mass is 10.1. The van der Waals surface area contributed by atoms with Crippen LogP contribution in [0.4, 0.5) is 0 Å². The second kappa shape index (κ2) is 6.20. The maximum absolute atomic E-state index is 12.4. The molecule has 0 amide bonds. The number of aromatic nitrogens is 2. The van der Waals surface area contributed by atoms with Crippen LogP contribution in [0.3, 0.4) is 0 Å². The van der Waals surface area contributed by atoms with E-state index in [4.69, 9.17) is 9.47 Å². The Hall–Kier alpha value is -3.47. The van der Waals surface area contributed by atoms with Crippen LogP contribution >= 0.6 is 0 Å². The summed E-state index contributed by atoms with van der Waals surface area (Å²) >= 11 is 0. The Morgan fingerprint density at radius 1 is 0.880 bits per heavy atom. The van der Waals surface area contributed by atoms with Crippen molar-refractivity contribution in [3.8, 4) is 11.5 Å². The summed E-state index contributed by atoms with van der Waals surface area (Å²) < 4.78 is 10.7. The molecule has 5 heteroatoms. The molecule has 0 saturated carbocycles. The molecule has 25 heavy (non-hydrogen) atoms. The average molecular weight is 330 g/mol. The highest BCUT2D eigenvalue weighted by atomic mass is 16.5. The molecule has 122 valence electrons. The summed E-state index contributed by atoms with van der Waals surface area (Å²) in [5.74, 6) is 0.651. The number of carbonyl (C=O) groups is 1. The Morgan fingerprint density at radius 3 is 2.40 bits per heavy atom. The summed E-state index contributed by atoms with van der Waals surface area (Å²) in [5, 5.41) is 1.96. The minimum absolute atomic E-state index is 0.171. The van der Waals surface area contributed by atoms with E-state index in [2.05, 4.69) is 9.97 Å². The van der Waals surface area contributed by atoms with Crippen LogP contribution in [0, 0.1) is 0 Å². The molecule has 1 aromatic heterocycles. The highest BCUT2D eigenvalue weighted by molar-refractivity contribution is 5.92. The summed E-state index contributed by atoms with van der Waals surface area (Å²) in [6.07, 6.45) is 1.43. The van der Waals surface area contributed by atoms with Crippen molar-refractivity contribution in [1.29, 1.82) is 0 Å². The van der Waals surface area contributed by atoms with Gasteiger partial charge < -0.3 is 9.47 Å². The van der Waals surface area contributed by atoms with Gasteiger partial charge in [-0.25, -0.2) is 9.78 Å². The van der Waals surface area contributed by atoms with Crippen molar-refractivity contribution >= 4 is 27.8 Å². The Morgan fingerprint density at radius 2 is 1.60 bits per heavy atom. The zero-order chi connectivity index (χ0) is 17.2. The highest BCUT2D eigenvalue weighted by Crippen LogP contribution is 2.25.